The third-order valence-electron chi connectivity index (χ3n) is 1.86. The molecule has 0 unspecified atom stereocenters. The van der Waals surface area contributed by atoms with Crippen molar-refractivity contribution < 1.29 is 23.0 Å². The molecule has 1 N–H and O–H groups in total. The predicted molar refractivity (Wildman–Crippen MR) is 54.1 cm³/mol. The molecule has 0 aliphatic carbocycles. The Bertz CT molecular complexity index is 393. The molecule has 90 valence electrons. The molecule has 1 aromatic heterocycles. The van der Waals surface area contributed by atoms with Crippen LogP contribution < -0.4 is 4.74 Å². The van der Waals surface area contributed by atoms with Crippen LogP contribution >= 0.6 is 15.9 Å². The molecule has 16 heavy (non-hydrogen) atoms. The molecule has 1 rings (SSSR count). The third-order valence-corrected chi connectivity index (χ3v) is 2.50. The maximum absolute atomic E-state index is 12.5. The first-order chi connectivity index (χ1) is 7.27. The van der Waals surface area contributed by atoms with Crippen molar-refractivity contribution in [1.29, 1.82) is 0 Å². The summed E-state index contributed by atoms with van der Waals surface area (Å²) in [7, 11) is 1.09. The smallest absolute Gasteiger partial charge is 0.421 e. The number of aliphatic hydroxyl groups is 1. The van der Waals surface area contributed by atoms with Crippen molar-refractivity contribution in [3.8, 4) is 5.88 Å². The second-order valence-electron chi connectivity index (χ2n) is 3.09. The van der Waals surface area contributed by atoms with E-state index in [9.17, 15) is 18.3 Å². The van der Waals surface area contributed by atoms with Crippen molar-refractivity contribution in [3.05, 3.63) is 21.8 Å². The van der Waals surface area contributed by atoms with Crippen molar-refractivity contribution in [2.45, 2.75) is 19.2 Å². The summed E-state index contributed by atoms with van der Waals surface area (Å²) in [6, 6.07) is 0.841. The lowest BCUT2D eigenvalue weighted by molar-refractivity contribution is -0.139. The summed E-state index contributed by atoms with van der Waals surface area (Å²) in [6.07, 6.45) is -5.52. The fourth-order valence-corrected chi connectivity index (χ4v) is 1.79. The molecule has 0 radical (unpaired) electrons. The summed E-state index contributed by atoms with van der Waals surface area (Å²) in [5.74, 6) is -0.549. The van der Waals surface area contributed by atoms with E-state index in [1.54, 1.807) is 0 Å². The Morgan fingerprint density at radius 3 is 2.44 bits per heavy atom. The van der Waals surface area contributed by atoms with E-state index in [4.69, 9.17) is 0 Å². The summed E-state index contributed by atoms with van der Waals surface area (Å²) in [5, 5.41) is 9.29. The lowest BCUT2D eigenvalue weighted by atomic mass is 10.2. The first-order valence-corrected chi connectivity index (χ1v) is 5.06. The second-order valence-corrected chi connectivity index (χ2v) is 3.94. The number of nitrogens with zero attached hydrogens (tertiary/aromatic N) is 1. The molecular weight excluding hydrogens is 291 g/mol. The maximum Gasteiger partial charge on any atom is 0.421 e. The molecule has 1 aromatic rings. The highest BCUT2D eigenvalue weighted by Crippen LogP contribution is 2.38. The summed E-state index contributed by atoms with van der Waals surface area (Å²) in [6.45, 7) is 1.40. The van der Waals surface area contributed by atoms with Crippen molar-refractivity contribution in [3.63, 3.8) is 0 Å². The van der Waals surface area contributed by atoms with Crippen LogP contribution in [0.3, 0.4) is 0 Å². The van der Waals surface area contributed by atoms with Crippen molar-refractivity contribution in [2.75, 3.05) is 7.11 Å². The van der Waals surface area contributed by atoms with Gasteiger partial charge in [-0.25, -0.2) is 4.98 Å². The van der Waals surface area contributed by atoms with Gasteiger partial charge in [0.05, 0.1) is 18.9 Å². The molecule has 0 amide bonds. The largest absolute Gasteiger partial charge is 0.481 e. The number of hydrogen-bond acceptors (Lipinski definition) is 3. The van der Waals surface area contributed by atoms with E-state index < -0.39 is 23.7 Å². The standard InChI is InChI=1S/C9H9BrF3NO2/c1-4(15)7-6(10)3-5(9(11,12)13)8(14-7)16-2/h3-4,15H,1-2H3/t4-/m1/s1. The maximum atomic E-state index is 12.5. The van der Waals surface area contributed by atoms with Crippen LogP contribution in [0.4, 0.5) is 13.2 Å². The summed E-state index contributed by atoms with van der Waals surface area (Å²) >= 11 is 2.93. The van der Waals surface area contributed by atoms with Crippen LogP contribution in [-0.4, -0.2) is 17.2 Å². The number of halogens is 4. The van der Waals surface area contributed by atoms with Gasteiger partial charge in [0.15, 0.2) is 0 Å². The SMILES string of the molecule is COc1nc([C@@H](C)O)c(Br)cc1C(F)(F)F. The number of alkyl halides is 3. The molecule has 0 bridgehead atoms. The van der Waals surface area contributed by atoms with E-state index in [2.05, 4.69) is 25.7 Å². The molecule has 0 aromatic carbocycles. The fourth-order valence-electron chi connectivity index (χ4n) is 1.14. The van der Waals surface area contributed by atoms with Gasteiger partial charge in [-0.3, -0.25) is 0 Å². The average Bonchev–Trinajstić information content (AvgIpc) is 2.15. The fraction of sp³-hybridized carbons (Fsp3) is 0.444. The number of hydrogen-bond donors (Lipinski definition) is 1. The molecule has 1 heterocycles. The summed E-state index contributed by atoms with van der Waals surface area (Å²) in [5.41, 5.74) is -0.879. The van der Waals surface area contributed by atoms with Gasteiger partial charge < -0.3 is 9.84 Å². The van der Waals surface area contributed by atoms with Crippen molar-refractivity contribution >= 4 is 15.9 Å². The van der Waals surface area contributed by atoms with Gasteiger partial charge in [0.1, 0.15) is 5.56 Å². The molecule has 0 aliphatic rings. The lowest BCUT2D eigenvalue weighted by Gasteiger charge is -2.14. The normalized spacial score (nSPS) is 13.7. The van der Waals surface area contributed by atoms with Crippen LogP contribution in [0.5, 0.6) is 5.88 Å². The molecule has 0 spiro atoms. The van der Waals surface area contributed by atoms with Crippen LogP contribution in [0.2, 0.25) is 0 Å². The summed E-state index contributed by atoms with van der Waals surface area (Å²) < 4.78 is 42.3. The minimum absolute atomic E-state index is 0.0932. The van der Waals surface area contributed by atoms with Crippen LogP contribution in [0, 0.1) is 0 Å². The highest BCUT2D eigenvalue weighted by Gasteiger charge is 2.36. The first kappa shape index (κ1) is 13.2. The van der Waals surface area contributed by atoms with Gasteiger partial charge in [0.2, 0.25) is 5.88 Å². The Morgan fingerprint density at radius 1 is 1.50 bits per heavy atom. The van der Waals surface area contributed by atoms with E-state index in [-0.39, 0.29) is 10.2 Å². The predicted octanol–water partition coefficient (Wildman–Crippen LogP) is 2.92. The number of pyridine rings is 1. The third kappa shape index (κ3) is 2.65. The number of aromatic nitrogens is 1. The van der Waals surface area contributed by atoms with Gasteiger partial charge in [0, 0.05) is 4.47 Å². The highest BCUT2D eigenvalue weighted by molar-refractivity contribution is 9.10. The Labute approximate surface area is 98.4 Å². The number of methoxy groups -OCH3 is 1. The van der Waals surface area contributed by atoms with E-state index in [1.165, 1.54) is 6.92 Å². The second kappa shape index (κ2) is 4.58. The Kier molecular flexibility index (Phi) is 3.80. The van der Waals surface area contributed by atoms with Crippen molar-refractivity contribution in [2.24, 2.45) is 0 Å². The topological polar surface area (TPSA) is 42.4 Å². The van der Waals surface area contributed by atoms with Crippen LogP contribution in [-0.2, 0) is 6.18 Å². The highest BCUT2D eigenvalue weighted by atomic mass is 79.9. The van der Waals surface area contributed by atoms with Crippen molar-refractivity contribution in [1.82, 2.24) is 4.98 Å². The number of rotatable bonds is 2. The Hall–Kier alpha value is -0.820. The number of aliphatic hydroxyl groups excluding tert-OH is 1. The average molecular weight is 300 g/mol. The zero-order valence-electron chi connectivity index (χ0n) is 8.47. The lowest BCUT2D eigenvalue weighted by Crippen LogP contribution is -2.11. The molecular formula is C9H9BrF3NO2. The van der Waals surface area contributed by atoms with Crippen LogP contribution in [0.1, 0.15) is 24.3 Å². The molecule has 7 heteroatoms. The number of ether oxygens (including phenoxy) is 1. The molecule has 0 saturated heterocycles. The minimum Gasteiger partial charge on any atom is -0.481 e. The Morgan fingerprint density at radius 2 is 2.06 bits per heavy atom. The summed E-state index contributed by atoms with van der Waals surface area (Å²) in [4.78, 5) is 3.62. The molecule has 0 saturated carbocycles. The monoisotopic (exact) mass is 299 g/mol. The van der Waals surface area contributed by atoms with Gasteiger partial charge in [0.25, 0.3) is 0 Å². The molecule has 1 atom stereocenters. The zero-order chi connectivity index (χ0) is 12.5. The van der Waals surface area contributed by atoms with Gasteiger partial charge in [-0.1, -0.05) is 0 Å². The van der Waals surface area contributed by atoms with E-state index in [0.717, 1.165) is 13.2 Å². The Balaban J connectivity index is 3.38. The zero-order valence-corrected chi connectivity index (χ0v) is 10.1. The quantitative estimate of drug-likeness (QED) is 0.913. The molecule has 0 aliphatic heterocycles. The van der Waals surface area contributed by atoms with Gasteiger partial charge in [-0.15, -0.1) is 0 Å². The van der Waals surface area contributed by atoms with E-state index in [0.29, 0.717) is 0 Å². The van der Waals surface area contributed by atoms with Crippen LogP contribution in [0.25, 0.3) is 0 Å². The van der Waals surface area contributed by atoms with Gasteiger partial charge >= 0.3 is 6.18 Å². The van der Waals surface area contributed by atoms with Gasteiger partial charge in [-0.2, -0.15) is 13.2 Å². The molecule has 3 nitrogen and oxygen atoms in total. The van der Waals surface area contributed by atoms with E-state index >= 15 is 0 Å². The van der Waals surface area contributed by atoms with Gasteiger partial charge in [-0.05, 0) is 28.9 Å². The minimum atomic E-state index is -4.54. The molecule has 0 fully saturated rings. The van der Waals surface area contributed by atoms with Crippen LogP contribution in [0.15, 0.2) is 10.5 Å². The first-order valence-electron chi connectivity index (χ1n) is 4.27. The van der Waals surface area contributed by atoms with E-state index in [1.807, 2.05) is 0 Å².